The molecule has 3 aromatic rings. The second-order valence-electron chi connectivity index (χ2n) is 12.3. The van der Waals surface area contributed by atoms with Crippen LogP contribution in [0.15, 0.2) is 12.1 Å². The number of anilines is 2. The number of aromatic nitrogens is 3. The van der Waals surface area contributed by atoms with E-state index < -0.39 is 69.6 Å². The molecule has 2 aromatic heterocycles. The Kier molecular flexibility index (Phi) is 8.38. The summed E-state index contributed by atoms with van der Waals surface area (Å²) in [6.07, 6.45) is -5.15. The topological polar surface area (TPSA) is 127 Å². The quantitative estimate of drug-likeness (QED) is 0.263. The maximum absolute atomic E-state index is 16.6. The predicted octanol–water partition coefficient (Wildman–Crippen LogP) is 4.97. The number of aliphatic hydroxyl groups excluding tert-OH is 1. The molecule has 0 amide bonds. The molecule has 2 fully saturated rings. The first-order valence-corrected chi connectivity index (χ1v) is 15.2. The molecule has 5 heterocycles. The number of pyridine rings is 1. The number of ether oxygens (including phenoxy) is 2. The van der Waals surface area contributed by atoms with E-state index in [0.717, 1.165) is 18.6 Å². The van der Waals surface area contributed by atoms with Gasteiger partial charge in [-0.05, 0) is 38.4 Å². The van der Waals surface area contributed by atoms with Crippen molar-refractivity contribution >= 4 is 39.8 Å². The number of benzene rings is 1. The van der Waals surface area contributed by atoms with E-state index in [2.05, 4.69) is 15.0 Å². The van der Waals surface area contributed by atoms with E-state index in [0.29, 0.717) is 13.0 Å². The van der Waals surface area contributed by atoms with Gasteiger partial charge < -0.3 is 25.2 Å². The fourth-order valence-corrected chi connectivity index (χ4v) is 7.17. The van der Waals surface area contributed by atoms with Gasteiger partial charge in [-0.1, -0.05) is 11.6 Å². The fraction of sp³-hybridized carbons (Fsp3) is 0.533. The number of carbonyl (C=O) groups excluding carboxylic acids is 1. The highest BCUT2D eigenvalue weighted by Crippen LogP contribution is 2.47. The van der Waals surface area contributed by atoms with Crippen LogP contribution in [0.4, 0.5) is 33.5 Å². The van der Waals surface area contributed by atoms with Crippen LogP contribution < -0.4 is 20.1 Å². The van der Waals surface area contributed by atoms with Crippen molar-refractivity contribution in [3.05, 3.63) is 28.5 Å². The summed E-state index contributed by atoms with van der Waals surface area (Å²) >= 11 is 5.99. The molecule has 3 N–H and O–H groups in total. The second kappa shape index (κ2) is 11.9. The molecule has 3 aliphatic heterocycles. The number of ketones is 1. The first-order valence-electron chi connectivity index (χ1n) is 14.8. The Morgan fingerprint density at radius 1 is 1.28 bits per heavy atom. The smallest absolute Gasteiger partial charge is 0.418 e. The number of Topliss-reactive ketones (excluding diaryl/α,β-unsaturated/α-hetero) is 1. The summed E-state index contributed by atoms with van der Waals surface area (Å²) in [7, 11) is 1.67. The lowest BCUT2D eigenvalue weighted by Crippen LogP contribution is -2.43. The van der Waals surface area contributed by atoms with E-state index in [4.69, 9.17) is 26.8 Å². The molecule has 4 atom stereocenters. The van der Waals surface area contributed by atoms with Crippen molar-refractivity contribution in [3.8, 4) is 23.1 Å². The third-order valence-corrected chi connectivity index (χ3v) is 9.40. The number of fused-ring (bicyclic) bond motifs is 1. The SMILES string of the molecule is C[C@@H]1CC(CC(=O)CO)Oc2nc(-c3cc(N)cc(Cl)c3C(F)(F)F)c(F)c3nc(OC[C@@]45CCCN4C[C@H](F)C5)nc(c23)N1C. The number of alkyl halides is 4. The largest absolute Gasteiger partial charge is 0.473 e. The molecule has 1 unspecified atom stereocenters. The zero-order valence-corrected chi connectivity index (χ0v) is 25.8. The standard InChI is InChI=1S/C30H32ClF5N6O4/c1-14-6-18(9-17(44)12-43)46-27-21-25(23(33)24(38-27)19-7-16(37)8-20(31)22(19)30(34,35)36)39-28(40-26(21)41(14)2)45-13-29-4-3-5-42(29)11-15(32)10-29/h7-8,14-15,18,43H,3-6,9-13,37H2,1-2H3/t14-,15-,18?,29+/m1/s1. The Hall–Kier alpha value is -3.56. The Morgan fingerprint density at radius 3 is 2.76 bits per heavy atom. The van der Waals surface area contributed by atoms with Crippen molar-refractivity contribution in [2.24, 2.45) is 0 Å². The fourth-order valence-electron chi connectivity index (χ4n) is 6.83. The minimum Gasteiger partial charge on any atom is -0.473 e. The lowest BCUT2D eigenvalue weighted by molar-refractivity contribution is -0.137. The monoisotopic (exact) mass is 670 g/mol. The number of nitrogen functional groups attached to an aromatic ring is 1. The molecule has 1 aromatic carbocycles. The molecule has 0 bridgehead atoms. The molecule has 16 heteroatoms. The molecule has 0 spiro atoms. The first-order chi connectivity index (χ1) is 21.7. The normalized spacial score (nSPS) is 24.9. The average Bonchev–Trinajstić information content (AvgIpc) is 3.50. The van der Waals surface area contributed by atoms with E-state index in [1.165, 1.54) is 0 Å². The van der Waals surface area contributed by atoms with E-state index in [9.17, 15) is 27.5 Å². The summed E-state index contributed by atoms with van der Waals surface area (Å²) in [5.74, 6) is -1.97. The van der Waals surface area contributed by atoms with Gasteiger partial charge in [0.05, 0.1) is 16.1 Å². The Labute approximate surface area is 265 Å². The van der Waals surface area contributed by atoms with Gasteiger partial charge in [-0.3, -0.25) is 9.69 Å². The van der Waals surface area contributed by atoms with Crippen LogP contribution in [0.2, 0.25) is 5.02 Å². The molecule has 0 saturated carbocycles. The first kappa shape index (κ1) is 32.4. The van der Waals surface area contributed by atoms with E-state index in [1.807, 2.05) is 11.8 Å². The molecule has 46 heavy (non-hydrogen) atoms. The van der Waals surface area contributed by atoms with Gasteiger partial charge in [-0.2, -0.15) is 23.1 Å². The third-order valence-electron chi connectivity index (χ3n) is 9.10. The van der Waals surface area contributed by atoms with Gasteiger partial charge in [-0.25, -0.2) is 13.8 Å². The molecule has 0 radical (unpaired) electrons. The summed E-state index contributed by atoms with van der Waals surface area (Å²) in [5, 5.41) is 8.55. The average molecular weight is 671 g/mol. The summed E-state index contributed by atoms with van der Waals surface area (Å²) in [6, 6.07) is 1.19. The maximum Gasteiger partial charge on any atom is 0.418 e. The summed E-state index contributed by atoms with van der Waals surface area (Å²) in [4.78, 5) is 29.0. The number of nitrogens with two attached hydrogens (primary N) is 1. The molecule has 10 nitrogen and oxygen atoms in total. The van der Waals surface area contributed by atoms with Crippen LogP contribution in [0.5, 0.6) is 11.9 Å². The number of nitrogens with zero attached hydrogens (tertiary/aromatic N) is 5. The van der Waals surface area contributed by atoms with Gasteiger partial charge in [-0.15, -0.1) is 0 Å². The Balaban J connectivity index is 1.56. The molecule has 248 valence electrons. The van der Waals surface area contributed by atoms with Crippen molar-refractivity contribution in [1.29, 1.82) is 0 Å². The molecule has 2 saturated heterocycles. The number of halogens is 6. The molecule has 6 rings (SSSR count). The minimum absolute atomic E-state index is 0.0228. The zero-order valence-electron chi connectivity index (χ0n) is 25.0. The predicted molar refractivity (Wildman–Crippen MR) is 159 cm³/mol. The number of rotatable bonds is 7. The molecule has 0 aliphatic carbocycles. The number of hydrogen-bond donors (Lipinski definition) is 2. The van der Waals surface area contributed by atoms with Crippen molar-refractivity contribution in [1.82, 2.24) is 19.9 Å². The summed E-state index contributed by atoms with van der Waals surface area (Å²) in [5.41, 5.74) is 1.75. The van der Waals surface area contributed by atoms with E-state index in [1.54, 1.807) is 11.9 Å². The lowest BCUT2D eigenvalue weighted by Gasteiger charge is -2.34. The lowest BCUT2D eigenvalue weighted by atomic mass is 9.95. The minimum atomic E-state index is -5.02. The van der Waals surface area contributed by atoms with Gasteiger partial charge in [0.1, 0.15) is 47.9 Å². The van der Waals surface area contributed by atoms with Crippen LogP contribution in [-0.2, 0) is 11.0 Å². The van der Waals surface area contributed by atoms with Crippen LogP contribution in [0, 0.1) is 5.82 Å². The Bertz CT molecular complexity index is 1700. The van der Waals surface area contributed by atoms with Gasteiger partial charge in [0, 0.05) is 50.1 Å². The van der Waals surface area contributed by atoms with Gasteiger partial charge in [0.2, 0.25) is 5.88 Å². The van der Waals surface area contributed by atoms with Crippen LogP contribution >= 0.6 is 11.6 Å². The molecular formula is C30H32ClF5N6O4. The summed E-state index contributed by atoms with van der Waals surface area (Å²) < 4.78 is 86.0. The van der Waals surface area contributed by atoms with Crippen molar-refractivity contribution in [2.45, 2.75) is 69.1 Å². The maximum atomic E-state index is 16.6. The highest BCUT2D eigenvalue weighted by molar-refractivity contribution is 6.32. The van der Waals surface area contributed by atoms with Crippen molar-refractivity contribution < 1.29 is 41.3 Å². The number of aliphatic hydroxyl groups is 1. The van der Waals surface area contributed by atoms with Crippen molar-refractivity contribution in [2.75, 3.05) is 44.0 Å². The molecule has 3 aliphatic rings. The van der Waals surface area contributed by atoms with E-state index in [-0.39, 0.29) is 67.2 Å². The number of hydrogen-bond acceptors (Lipinski definition) is 10. The number of carbonyl (C=O) groups is 1. The highest BCUT2D eigenvalue weighted by atomic mass is 35.5. The molecular weight excluding hydrogens is 639 g/mol. The van der Waals surface area contributed by atoms with Crippen LogP contribution in [-0.4, -0.2) is 87.9 Å². The summed E-state index contributed by atoms with van der Waals surface area (Å²) in [6.45, 7) is 2.08. The third kappa shape index (κ3) is 5.77. The van der Waals surface area contributed by atoms with E-state index >= 15 is 4.39 Å². The van der Waals surface area contributed by atoms with Crippen LogP contribution in [0.3, 0.4) is 0 Å². The zero-order chi connectivity index (χ0) is 33.1. The Morgan fingerprint density at radius 2 is 2.04 bits per heavy atom. The van der Waals surface area contributed by atoms with Gasteiger partial charge in [0.25, 0.3) is 0 Å². The highest BCUT2D eigenvalue weighted by Gasteiger charge is 2.49. The van der Waals surface area contributed by atoms with Crippen LogP contribution in [0.1, 0.15) is 44.6 Å². The second-order valence-corrected chi connectivity index (χ2v) is 12.7. The van der Waals surface area contributed by atoms with Gasteiger partial charge in [0.15, 0.2) is 11.6 Å². The van der Waals surface area contributed by atoms with Gasteiger partial charge >= 0.3 is 12.2 Å². The van der Waals surface area contributed by atoms with Crippen LogP contribution in [0.25, 0.3) is 22.2 Å². The van der Waals surface area contributed by atoms with Crippen molar-refractivity contribution in [3.63, 3.8) is 0 Å².